The molecule has 0 aliphatic heterocycles. The predicted molar refractivity (Wildman–Crippen MR) is 81.1 cm³/mol. The summed E-state index contributed by atoms with van der Waals surface area (Å²) in [4.78, 5) is 30.5. The van der Waals surface area contributed by atoms with Gasteiger partial charge in [-0.3, -0.25) is 9.36 Å². The Morgan fingerprint density at radius 1 is 1.17 bits per heavy atom. The summed E-state index contributed by atoms with van der Waals surface area (Å²) in [5.41, 5.74) is 0. The van der Waals surface area contributed by atoms with Crippen molar-refractivity contribution in [3.05, 3.63) is 0 Å². The van der Waals surface area contributed by atoms with E-state index < -0.39 is 26.4 Å². The van der Waals surface area contributed by atoms with Crippen LogP contribution in [0.5, 0.6) is 0 Å². The van der Waals surface area contributed by atoms with E-state index in [0.717, 1.165) is 9.80 Å². The van der Waals surface area contributed by atoms with Gasteiger partial charge in [0.05, 0.1) is 6.67 Å². The molecule has 3 N–H and O–H groups in total. The first-order valence-electron chi connectivity index (χ1n) is 4.25. The lowest BCUT2D eigenvalue weighted by Gasteiger charge is -2.30. The maximum atomic E-state index is 10.9. The molecule has 12 heteroatoms. The molecule has 0 saturated heterocycles. The van der Waals surface area contributed by atoms with E-state index >= 15 is 0 Å². The molecule has 7 nitrogen and oxygen atoms in total. The van der Waals surface area contributed by atoms with Crippen LogP contribution in [0.2, 0.25) is 0 Å². The van der Waals surface area contributed by atoms with Gasteiger partial charge in [-0.15, -0.1) is 25.3 Å². The van der Waals surface area contributed by atoms with Crippen LogP contribution in [0.4, 0.5) is 0 Å². The van der Waals surface area contributed by atoms with Crippen LogP contribution < -0.4 is 0 Å². The maximum absolute atomic E-state index is 10.9. The van der Waals surface area contributed by atoms with E-state index in [1.807, 2.05) is 0 Å². The number of thiocarbonyl (C=S) groups is 2. The van der Waals surface area contributed by atoms with Crippen molar-refractivity contribution in [3.63, 3.8) is 0 Å². The second-order valence-electron chi connectivity index (χ2n) is 3.14. The van der Waals surface area contributed by atoms with E-state index in [-0.39, 0.29) is 15.3 Å². The van der Waals surface area contributed by atoms with Crippen molar-refractivity contribution in [2.45, 2.75) is 0 Å². The molecule has 0 radical (unpaired) electrons. The van der Waals surface area contributed by atoms with E-state index in [0.29, 0.717) is 0 Å². The first-order valence-corrected chi connectivity index (χ1v) is 7.76. The number of hydrogen-bond acceptors (Lipinski definition) is 4. The van der Waals surface area contributed by atoms with Gasteiger partial charge in [0.25, 0.3) is 0 Å². The third-order valence-electron chi connectivity index (χ3n) is 1.56. The van der Waals surface area contributed by atoms with E-state index in [2.05, 4.69) is 25.3 Å². The van der Waals surface area contributed by atoms with Crippen LogP contribution >= 0.6 is 57.3 Å². The molecule has 0 amide bonds. The Morgan fingerprint density at radius 2 is 1.61 bits per heavy atom. The highest BCUT2D eigenvalue weighted by Gasteiger charge is 2.23. The quantitative estimate of drug-likeness (QED) is 0.199. The van der Waals surface area contributed by atoms with Gasteiger partial charge in [-0.25, -0.2) is 0 Å². The SMILES string of the molecule is O=C(O)CN(CN(CP(=O)(O)O)C(=S)S)C(=S)S. The molecule has 0 aromatic heterocycles. The average molecular weight is 350 g/mol. The zero-order chi connectivity index (χ0) is 14.5. The summed E-state index contributed by atoms with van der Waals surface area (Å²) in [6, 6.07) is 0. The van der Waals surface area contributed by atoms with Gasteiger partial charge in [-0.05, 0) is 0 Å². The van der Waals surface area contributed by atoms with Crippen LogP contribution in [0.15, 0.2) is 0 Å². The Hall–Kier alpha value is 0.1000. The van der Waals surface area contributed by atoms with Gasteiger partial charge < -0.3 is 24.7 Å². The molecule has 0 unspecified atom stereocenters. The number of carboxylic acids is 1. The van der Waals surface area contributed by atoms with Crippen LogP contribution in [0.25, 0.3) is 0 Å². The highest BCUT2D eigenvalue weighted by molar-refractivity contribution is 8.11. The first-order chi connectivity index (χ1) is 8.03. The summed E-state index contributed by atoms with van der Waals surface area (Å²) in [5.74, 6) is -1.16. The third kappa shape index (κ3) is 8.25. The number of nitrogens with zero attached hydrogens (tertiary/aromatic N) is 2. The van der Waals surface area contributed by atoms with Crippen LogP contribution in [-0.4, -0.2) is 58.8 Å². The summed E-state index contributed by atoms with van der Waals surface area (Å²) in [6.45, 7) is -0.682. The molecule has 104 valence electrons. The lowest BCUT2D eigenvalue weighted by atomic mass is 10.6. The van der Waals surface area contributed by atoms with E-state index in [4.69, 9.17) is 39.3 Å². The van der Waals surface area contributed by atoms with Crippen LogP contribution in [0.3, 0.4) is 0 Å². The van der Waals surface area contributed by atoms with E-state index in [1.54, 1.807) is 0 Å². The van der Waals surface area contributed by atoms with Crippen molar-refractivity contribution in [2.75, 3.05) is 19.5 Å². The first kappa shape index (κ1) is 18.1. The monoisotopic (exact) mass is 350 g/mol. The van der Waals surface area contributed by atoms with Crippen molar-refractivity contribution in [1.82, 2.24) is 9.80 Å². The molecule has 0 aliphatic carbocycles. The predicted octanol–water partition coefficient (Wildman–Crippen LogP) is 0.197. The highest BCUT2D eigenvalue weighted by atomic mass is 32.1. The maximum Gasteiger partial charge on any atom is 0.344 e. The van der Waals surface area contributed by atoms with Crippen LogP contribution in [0, 0.1) is 0 Å². The average Bonchev–Trinajstić information content (AvgIpc) is 2.12. The van der Waals surface area contributed by atoms with E-state index in [9.17, 15) is 9.36 Å². The van der Waals surface area contributed by atoms with Crippen molar-refractivity contribution in [3.8, 4) is 0 Å². The van der Waals surface area contributed by atoms with Crippen molar-refractivity contribution in [2.24, 2.45) is 0 Å². The molecule has 0 fully saturated rings. The number of aliphatic carboxylic acids is 1. The molecule has 0 saturated carbocycles. The number of hydrogen-bond donors (Lipinski definition) is 5. The molecule has 0 aromatic carbocycles. The van der Waals surface area contributed by atoms with Crippen LogP contribution in [-0.2, 0) is 9.36 Å². The van der Waals surface area contributed by atoms with Gasteiger partial charge in [0.15, 0.2) is 0 Å². The zero-order valence-electron chi connectivity index (χ0n) is 8.83. The molecule has 0 heterocycles. The smallest absolute Gasteiger partial charge is 0.344 e. The molecule has 0 spiro atoms. The van der Waals surface area contributed by atoms with Crippen molar-refractivity contribution < 1.29 is 24.3 Å². The third-order valence-corrected chi connectivity index (χ3v) is 3.36. The van der Waals surface area contributed by atoms with Gasteiger partial charge in [-0.2, -0.15) is 0 Å². The Balaban J connectivity index is 4.82. The summed E-state index contributed by atoms with van der Waals surface area (Å²) < 4.78 is 10.8. The minimum absolute atomic E-state index is 0.0299. The number of thiol groups is 2. The lowest BCUT2D eigenvalue weighted by Crippen LogP contribution is -2.43. The topological polar surface area (TPSA) is 101 Å². The second-order valence-corrected chi connectivity index (χ2v) is 6.98. The summed E-state index contributed by atoms with van der Waals surface area (Å²) >= 11 is 17.1. The van der Waals surface area contributed by atoms with Crippen LogP contribution in [0.1, 0.15) is 0 Å². The van der Waals surface area contributed by atoms with Crippen molar-refractivity contribution in [1.29, 1.82) is 0 Å². The zero-order valence-corrected chi connectivity index (χ0v) is 13.1. The molecular formula is C6H11N2O5PS4. The summed E-state index contributed by atoms with van der Waals surface area (Å²) in [5, 5.41) is 8.66. The fourth-order valence-electron chi connectivity index (χ4n) is 0.936. The minimum Gasteiger partial charge on any atom is -0.480 e. The molecule has 0 aromatic rings. The van der Waals surface area contributed by atoms with Crippen molar-refractivity contribution >= 4 is 71.9 Å². The molecule has 0 aliphatic rings. The van der Waals surface area contributed by atoms with Gasteiger partial charge in [0, 0.05) is 0 Å². The Kier molecular flexibility index (Phi) is 7.67. The largest absolute Gasteiger partial charge is 0.480 e. The van der Waals surface area contributed by atoms with E-state index in [1.165, 1.54) is 0 Å². The second kappa shape index (κ2) is 7.63. The molecule has 18 heavy (non-hydrogen) atoms. The Bertz CT molecular complexity index is 399. The normalized spacial score (nSPS) is 10.9. The molecule has 0 rings (SSSR count). The van der Waals surface area contributed by atoms with Gasteiger partial charge in [-0.1, -0.05) is 24.4 Å². The number of carboxylic acid groups (broad SMARTS) is 1. The number of carbonyl (C=O) groups is 1. The standard InChI is InChI=1S/C6H11N2O5PS4/c9-4(10)1-7(5(15)16)2-8(6(17)18)3-14(11,12)13/h1-3H2,(H,9,10)(H,15,16)(H,17,18)(H2,11,12,13). The molecular weight excluding hydrogens is 339 g/mol. The van der Waals surface area contributed by atoms with Gasteiger partial charge in [0.2, 0.25) is 0 Å². The molecule has 0 atom stereocenters. The highest BCUT2D eigenvalue weighted by Crippen LogP contribution is 2.35. The lowest BCUT2D eigenvalue weighted by molar-refractivity contribution is -0.137. The number of rotatable bonds is 6. The summed E-state index contributed by atoms with van der Waals surface area (Å²) in [7, 11) is -4.35. The molecule has 0 bridgehead atoms. The fraction of sp³-hybridized carbons (Fsp3) is 0.500. The minimum atomic E-state index is -4.35. The van der Waals surface area contributed by atoms with Gasteiger partial charge in [0.1, 0.15) is 21.5 Å². The summed E-state index contributed by atoms with van der Waals surface area (Å²) in [6.07, 6.45) is -0.679. The van der Waals surface area contributed by atoms with Gasteiger partial charge >= 0.3 is 13.6 Å². The fourth-order valence-corrected chi connectivity index (χ4v) is 2.33. The Morgan fingerprint density at radius 3 is 1.89 bits per heavy atom. The Labute approximate surface area is 125 Å².